The maximum absolute atomic E-state index is 11.5. The van der Waals surface area contributed by atoms with E-state index in [0.717, 1.165) is 6.42 Å². The van der Waals surface area contributed by atoms with Gasteiger partial charge in [0.25, 0.3) is 0 Å². The monoisotopic (exact) mass is 232 g/mol. The number of hydrogen-bond donors (Lipinski definition) is 1. The molecule has 0 saturated heterocycles. The molecule has 1 rings (SSSR count). The lowest BCUT2D eigenvalue weighted by atomic mass is 10.3. The number of hydrogen-bond acceptors (Lipinski definition) is 3. The minimum atomic E-state index is -0.518. The van der Waals surface area contributed by atoms with Crippen LogP contribution in [0.15, 0.2) is 47.1 Å². The van der Waals surface area contributed by atoms with E-state index in [1.165, 1.54) is 0 Å². The molecular weight excluding hydrogens is 216 g/mol. The molecule has 0 aliphatic carbocycles. The predicted octanol–water partition coefficient (Wildman–Crippen LogP) is 2.77. The van der Waals surface area contributed by atoms with Crippen molar-refractivity contribution >= 4 is 12.3 Å². The molecule has 17 heavy (non-hydrogen) atoms. The first kappa shape index (κ1) is 13.0. The summed E-state index contributed by atoms with van der Waals surface area (Å²) in [4.78, 5) is 15.4. The molecule has 0 spiro atoms. The maximum Gasteiger partial charge on any atom is 0.417 e. The summed E-state index contributed by atoms with van der Waals surface area (Å²) < 4.78 is 5.08. The summed E-state index contributed by atoms with van der Waals surface area (Å²) in [6.45, 7) is 1.98. The Kier molecular flexibility index (Phi) is 5.51. The van der Waals surface area contributed by atoms with Crippen LogP contribution in [0.3, 0.4) is 0 Å². The summed E-state index contributed by atoms with van der Waals surface area (Å²) in [5.74, 6) is 0.509. The molecule has 90 valence electrons. The van der Waals surface area contributed by atoms with Crippen molar-refractivity contribution in [3.05, 3.63) is 42.1 Å². The summed E-state index contributed by atoms with van der Waals surface area (Å²) in [5, 5.41) is 2.62. The zero-order valence-corrected chi connectivity index (χ0v) is 10.0. The molecule has 0 aliphatic rings. The number of aliphatic imine (C=N–C) groups is 1. The van der Waals surface area contributed by atoms with Crippen LogP contribution >= 0.6 is 0 Å². The number of allylic oxidation sites excluding steroid dienone is 2. The highest BCUT2D eigenvalue weighted by molar-refractivity contribution is 5.85. The van der Waals surface area contributed by atoms with Crippen molar-refractivity contribution in [2.24, 2.45) is 4.99 Å². The molecule has 0 saturated carbocycles. The average Bonchev–Trinajstić information content (AvgIpc) is 2.30. The SMILES string of the molecule is CC/C=C(\C=NC)NC(=O)Oc1ccccc1. The van der Waals surface area contributed by atoms with E-state index in [2.05, 4.69) is 10.3 Å². The highest BCUT2D eigenvalue weighted by atomic mass is 16.6. The molecule has 0 radical (unpaired) electrons. The fourth-order valence-electron chi connectivity index (χ4n) is 1.23. The van der Waals surface area contributed by atoms with Gasteiger partial charge in [0.1, 0.15) is 5.75 Å². The van der Waals surface area contributed by atoms with Crippen LogP contribution < -0.4 is 10.1 Å². The van der Waals surface area contributed by atoms with Gasteiger partial charge in [-0.3, -0.25) is 10.3 Å². The number of para-hydroxylation sites is 1. The number of ether oxygens (including phenoxy) is 1. The Labute approximate surface area is 101 Å². The summed E-state index contributed by atoms with van der Waals surface area (Å²) in [7, 11) is 1.65. The molecule has 1 N–H and O–H groups in total. The molecule has 0 bridgehead atoms. The van der Waals surface area contributed by atoms with Gasteiger partial charge < -0.3 is 4.74 Å². The van der Waals surface area contributed by atoms with Crippen molar-refractivity contribution in [3.8, 4) is 5.75 Å². The lowest BCUT2D eigenvalue weighted by Crippen LogP contribution is -2.26. The van der Waals surface area contributed by atoms with E-state index in [9.17, 15) is 4.79 Å². The Bertz CT molecular complexity index is 411. The number of carbonyl (C=O) groups is 1. The first-order valence-corrected chi connectivity index (χ1v) is 5.42. The van der Waals surface area contributed by atoms with Crippen LogP contribution in [0.4, 0.5) is 4.79 Å². The average molecular weight is 232 g/mol. The van der Waals surface area contributed by atoms with Crippen LogP contribution in [0.25, 0.3) is 0 Å². The molecule has 4 nitrogen and oxygen atoms in total. The van der Waals surface area contributed by atoms with E-state index in [-0.39, 0.29) is 0 Å². The molecule has 1 amide bonds. The van der Waals surface area contributed by atoms with Gasteiger partial charge >= 0.3 is 6.09 Å². The number of nitrogens with zero attached hydrogens (tertiary/aromatic N) is 1. The fraction of sp³-hybridized carbons (Fsp3) is 0.231. The highest BCUT2D eigenvalue weighted by Gasteiger charge is 2.04. The van der Waals surface area contributed by atoms with Crippen LogP contribution in [-0.4, -0.2) is 19.4 Å². The van der Waals surface area contributed by atoms with Crippen molar-refractivity contribution in [1.82, 2.24) is 5.32 Å². The van der Waals surface area contributed by atoms with E-state index in [1.54, 1.807) is 37.5 Å². The summed E-state index contributed by atoms with van der Waals surface area (Å²) in [6, 6.07) is 8.90. The first-order chi connectivity index (χ1) is 8.26. The van der Waals surface area contributed by atoms with Crippen molar-refractivity contribution < 1.29 is 9.53 Å². The van der Waals surface area contributed by atoms with E-state index in [0.29, 0.717) is 11.4 Å². The second-order valence-corrected chi connectivity index (χ2v) is 3.28. The molecule has 0 unspecified atom stereocenters. The number of benzene rings is 1. The van der Waals surface area contributed by atoms with Crippen molar-refractivity contribution in [1.29, 1.82) is 0 Å². The zero-order valence-electron chi connectivity index (χ0n) is 10.0. The Morgan fingerprint density at radius 2 is 2.12 bits per heavy atom. The van der Waals surface area contributed by atoms with Gasteiger partial charge in [-0.1, -0.05) is 31.2 Å². The lowest BCUT2D eigenvalue weighted by Gasteiger charge is -2.06. The molecule has 0 fully saturated rings. The summed E-state index contributed by atoms with van der Waals surface area (Å²) in [6.07, 6.45) is 3.73. The summed E-state index contributed by atoms with van der Waals surface area (Å²) in [5.41, 5.74) is 0.635. The van der Waals surface area contributed by atoms with Gasteiger partial charge in [0.15, 0.2) is 0 Å². The van der Waals surface area contributed by atoms with Crippen LogP contribution in [-0.2, 0) is 0 Å². The van der Waals surface area contributed by atoms with E-state index in [1.807, 2.05) is 19.1 Å². The van der Waals surface area contributed by atoms with Gasteiger partial charge in [-0.15, -0.1) is 0 Å². The molecule has 1 aromatic carbocycles. The van der Waals surface area contributed by atoms with Crippen LogP contribution in [0, 0.1) is 0 Å². The molecule has 4 heteroatoms. The molecule has 0 atom stereocenters. The third-order valence-electron chi connectivity index (χ3n) is 1.89. The second-order valence-electron chi connectivity index (χ2n) is 3.28. The number of rotatable bonds is 4. The van der Waals surface area contributed by atoms with Crippen molar-refractivity contribution in [3.63, 3.8) is 0 Å². The minimum Gasteiger partial charge on any atom is -0.410 e. The van der Waals surface area contributed by atoms with E-state index >= 15 is 0 Å². The second kappa shape index (κ2) is 7.22. The van der Waals surface area contributed by atoms with Gasteiger partial charge in [0.05, 0.1) is 5.70 Å². The highest BCUT2D eigenvalue weighted by Crippen LogP contribution is 2.08. The van der Waals surface area contributed by atoms with E-state index < -0.39 is 6.09 Å². The third-order valence-corrected chi connectivity index (χ3v) is 1.89. The Balaban J connectivity index is 2.57. The van der Waals surface area contributed by atoms with Gasteiger partial charge in [0, 0.05) is 13.3 Å². The standard InChI is InChI=1S/C13H16N2O2/c1-3-7-11(10-14-2)15-13(16)17-12-8-5-4-6-9-12/h4-10H,3H2,1-2H3,(H,15,16)/b11-7+,14-10?. The van der Waals surface area contributed by atoms with Crippen LogP contribution in [0.1, 0.15) is 13.3 Å². The number of carbonyl (C=O) groups excluding carboxylic acids is 1. The third kappa shape index (κ3) is 4.97. The van der Waals surface area contributed by atoms with E-state index in [4.69, 9.17) is 4.74 Å². The number of nitrogens with one attached hydrogen (secondary N) is 1. The van der Waals surface area contributed by atoms with Gasteiger partial charge in [-0.2, -0.15) is 0 Å². The summed E-state index contributed by atoms with van der Waals surface area (Å²) >= 11 is 0. The topological polar surface area (TPSA) is 50.7 Å². The van der Waals surface area contributed by atoms with Crippen molar-refractivity contribution in [2.75, 3.05) is 7.05 Å². The molecular formula is C13H16N2O2. The van der Waals surface area contributed by atoms with Crippen LogP contribution in [0.2, 0.25) is 0 Å². The zero-order chi connectivity index (χ0) is 12.5. The molecule has 0 heterocycles. The van der Waals surface area contributed by atoms with Gasteiger partial charge in [0.2, 0.25) is 0 Å². The molecule has 1 aromatic rings. The smallest absolute Gasteiger partial charge is 0.410 e. The Morgan fingerprint density at radius 3 is 2.71 bits per heavy atom. The molecule has 0 aliphatic heterocycles. The lowest BCUT2D eigenvalue weighted by molar-refractivity contribution is 0.204. The Morgan fingerprint density at radius 1 is 1.41 bits per heavy atom. The van der Waals surface area contributed by atoms with Gasteiger partial charge in [-0.05, 0) is 18.6 Å². The fourth-order valence-corrected chi connectivity index (χ4v) is 1.23. The number of amides is 1. The quantitative estimate of drug-likeness (QED) is 0.811. The Hall–Kier alpha value is -2.10. The van der Waals surface area contributed by atoms with Crippen LogP contribution in [0.5, 0.6) is 5.75 Å². The minimum absolute atomic E-state index is 0.509. The first-order valence-electron chi connectivity index (χ1n) is 5.42. The predicted molar refractivity (Wildman–Crippen MR) is 68.4 cm³/mol. The van der Waals surface area contributed by atoms with Gasteiger partial charge in [-0.25, -0.2) is 4.79 Å². The molecule has 0 aromatic heterocycles. The normalized spacial score (nSPS) is 11.5. The maximum atomic E-state index is 11.5. The largest absolute Gasteiger partial charge is 0.417 e. The van der Waals surface area contributed by atoms with Crippen molar-refractivity contribution in [2.45, 2.75) is 13.3 Å².